The lowest BCUT2D eigenvalue weighted by molar-refractivity contribution is -0.123. The van der Waals surface area contributed by atoms with Crippen LogP contribution in [0, 0.1) is 18.4 Å². The number of likely N-dealkylation sites (N-methyl/N-ethyl adjacent to an activating group) is 1. The number of aromatic amines is 1. The third-order valence-corrected chi connectivity index (χ3v) is 7.16. The van der Waals surface area contributed by atoms with Crippen LogP contribution in [0.3, 0.4) is 0 Å². The van der Waals surface area contributed by atoms with E-state index in [0.717, 1.165) is 66.6 Å². The summed E-state index contributed by atoms with van der Waals surface area (Å²) < 4.78 is 0. The first kappa shape index (κ1) is 26.1. The summed E-state index contributed by atoms with van der Waals surface area (Å²) in [5, 5.41) is 11.7. The van der Waals surface area contributed by atoms with Gasteiger partial charge >= 0.3 is 0 Å². The second-order valence-corrected chi connectivity index (χ2v) is 9.81. The number of nitrogens with zero attached hydrogens (tertiary/aromatic N) is 5. The number of nitrogens with one attached hydrogen (secondary N) is 2. The Morgan fingerprint density at radius 2 is 2.05 bits per heavy atom. The van der Waals surface area contributed by atoms with E-state index in [1.165, 1.54) is 24.2 Å². The van der Waals surface area contributed by atoms with E-state index in [1.54, 1.807) is 12.4 Å². The van der Waals surface area contributed by atoms with Crippen molar-refractivity contribution in [3.8, 4) is 6.19 Å². The summed E-state index contributed by atoms with van der Waals surface area (Å²) in [7, 11) is 1.96. The standard InChI is InChI=1S/C22H27N5O.C6H8N2O/c1-15-24-19-11-10-18(13-20(19)25-15)27(2)21(16-7-6-12-23-14-16)22(28)26-17-8-4-3-5-9-17;7-5-8-3-1-2-6(8)4-9/h6-7,10-14,17,21H,3-5,8-9H2,1-2H3,(H,24,25)(H,26,28);4,6H,1-3H2. The molecule has 0 bridgehead atoms. The molecule has 9 nitrogen and oxygen atoms in total. The van der Waals surface area contributed by atoms with E-state index in [9.17, 15) is 9.59 Å². The van der Waals surface area contributed by atoms with E-state index in [2.05, 4.69) is 20.3 Å². The van der Waals surface area contributed by atoms with Crippen molar-refractivity contribution in [3.63, 3.8) is 0 Å². The van der Waals surface area contributed by atoms with Gasteiger partial charge in [-0.2, -0.15) is 5.26 Å². The van der Waals surface area contributed by atoms with Gasteiger partial charge < -0.3 is 24.9 Å². The van der Waals surface area contributed by atoms with Gasteiger partial charge in [-0.25, -0.2) is 4.98 Å². The number of fused-ring (bicyclic) bond motifs is 1. The Morgan fingerprint density at radius 3 is 2.73 bits per heavy atom. The molecule has 5 rings (SSSR count). The highest BCUT2D eigenvalue weighted by Crippen LogP contribution is 2.29. The summed E-state index contributed by atoms with van der Waals surface area (Å²) in [6, 6.07) is 9.61. The highest BCUT2D eigenvalue weighted by Gasteiger charge is 2.28. The molecule has 2 N–H and O–H groups in total. The molecular formula is C28H35N7O2. The topological polar surface area (TPSA) is 118 Å². The fraction of sp³-hybridized carbons (Fsp3) is 0.464. The van der Waals surface area contributed by atoms with E-state index >= 15 is 0 Å². The predicted molar refractivity (Wildman–Crippen MR) is 143 cm³/mol. The van der Waals surface area contributed by atoms with Crippen LogP contribution in [0.2, 0.25) is 0 Å². The Balaban J connectivity index is 0.000000301. The second-order valence-electron chi connectivity index (χ2n) is 9.81. The number of hydrogen-bond acceptors (Lipinski definition) is 7. The number of carbonyl (C=O) groups is 2. The van der Waals surface area contributed by atoms with Crippen molar-refractivity contribution in [2.45, 2.75) is 70.0 Å². The van der Waals surface area contributed by atoms with Crippen LogP contribution in [0.4, 0.5) is 5.69 Å². The molecule has 3 aromatic rings. The zero-order valence-corrected chi connectivity index (χ0v) is 21.6. The van der Waals surface area contributed by atoms with Gasteiger partial charge in [-0.3, -0.25) is 9.78 Å². The van der Waals surface area contributed by atoms with Crippen LogP contribution in [-0.4, -0.2) is 57.7 Å². The first-order valence-electron chi connectivity index (χ1n) is 13.0. The van der Waals surface area contributed by atoms with Gasteiger partial charge in [0.1, 0.15) is 18.2 Å². The molecule has 1 saturated carbocycles. The monoisotopic (exact) mass is 501 g/mol. The molecule has 0 radical (unpaired) electrons. The molecule has 1 aliphatic carbocycles. The molecule has 194 valence electrons. The van der Waals surface area contributed by atoms with Crippen molar-refractivity contribution in [3.05, 3.63) is 54.1 Å². The number of hydrogen-bond donors (Lipinski definition) is 2. The number of aldehydes is 1. The molecule has 2 aliphatic rings. The van der Waals surface area contributed by atoms with Crippen LogP contribution >= 0.6 is 0 Å². The van der Waals surface area contributed by atoms with E-state index in [0.29, 0.717) is 0 Å². The molecule has 2 fully saturated rings. The minimum atomic E-state index is -0.433. The molecule has 1 amide bonds. The zero-order chi connectivity index (χ0) is 26.2. The van der Waals surface area contributed by atoms with Gasteiger partial charge in [0.05, 0.1) is 17.1 Å². The molecule has 2 unspecified atom stereocenters. The molecule has 2 aromatic heterocycles. The van der Waals surface area contributed by atoms with E-state index in [1.807, 2.05) is 55.4 Å². The van der Waals surface area contributed by atoms with Crippen LogP contribution in [0.15, 0.2) is 42.7 Å². The van der Waals surface area contributed by atoms with E-state index < -0.39 is 6.04 Å². The zero-order valence-electron chi connectivity index (χ0n) is 21.6. The Labute approximate surface area is 217 Å². The Hall–Kier alpha value is -3.93. The van der Waals surface area contributed by atoms with Gasteiger partial charge in [0.15, 0.2) is 6.19 Å². The second kappa shape index (κ2) is 12.3. The quantitative estimate of drug-likeness (QED) is 0.387. The number of aromatic nitrogens is 3. The molecule has 3 heterocycles. The highest BCUT2D eigenvalue weighted by atomic mass is 16.2. The lowest BCUT2D eigenvalue weighted by atomic mass is 9.95. The van der Waals surface area contributed by atoms with Crippen molar-refractivity contribution >= 4 is 28.9 Å². The Morgan fingerprint density at radius 1 is 1.24 bits per heavy atom. The number of likely N-dealkylation sites (tertiary alicyclic amines) is 1. The average molecular weight is 502 g/mol. The molecule has 0 spiro atoms. The number of benzene rings is 1. The highest BCUT2D eigenvalue weighted by molar-refractivity contribution is 5.88. The van der Waals surface area contributed by atoms with Crippen molar-refractivity contribution in [1.82, 2.24) is 25.2 Å². The van der Waals surface area contributed by atoms with Crippen LogP contribution in [0.1, 0.15) is 62.4 Å². The number of H-pyrrole nitrogens is 1. The molecule has 1 aromatic carbocycles. The summed E-state index contributed by atoms with van der Waals surface area (Å²) in [5.41, 5.74) is 3.75. The fourth-order valence-electron chi connectivity index (χ4n) is 5.17. The Bertz CT molecular complexity index is 1230. The maximum atomic E-state index is 13.3. The number of nitriles is 1. The molecule has 9 heteroatoms. The normalized spacial score (nSPS) is 18.4. The van der Waals surface area contributed by atoms with Gasteiger partial charge in [-0.15, -0.1) is 0 Å². The molecule has 1 aliphatic heterocycles. The molecular weight excluding hydrogens is 466 g/mol. The maximum Gasteiger partial charge on any atom is 0.247 e. The van der Waals surface area contributed by atoms with Crippen molar-refractivity contribution in [1.29, 1.82) is 5.26 Å². The van der Waals surface area contributed by atoms with E-state index in [4.69, 9.17) is 5.26 Å². The van der Waals surface area contributed by atoms with Crippen LogP contribution in [0.25, 0.3) is 11.0 Å². The number of pyridine rings is 1. The number of anilines is 1. The van der Waals surface area contributed by atoms with Crippen LogP contribution in [-0.2, 0) is 9.59 Å². The molecule has 37 heavy (non-hydrogen) atoms. The minimum Gasteiger partial charge on any atom is -0.359 e. The minimum absolute atomic E-state index is 0.0308. The van der Waals surface area contributed by atoms with Crippen LogP contribution in [0.5, 0.6) is 0 Å². The smallest absolute Gasteiger partial charge is 0.247 e. The Kier molecular flexibility index (Phi) is 8.72. The van der Waals surface area contributed by atoms with Gasteiger partial charge in [0.25, 0.3) is 0 Å². The molecule has 2 atom stereocenters. The number of carbonyl (C=O) groups excluding carboxylic acids is 2. The average Bonchev–Trinajstić information content (AvgIpc) is 3.54. The summed E-state index contributed by atoms with van der Waals surface area (Å²) in [6.07, 6.45) is 13.9. The number of amides is 1. The first-order chi connectivity index (χ1) is 18.0. The van der Waals surface area contributed by atoms with Gasteiger partial charge in [-0.05, 0) is 56.9 Å². The summed E-state index contributed by atoms with van der Waals surface area (Å²) in [4.78, 5) is 39.0. The van der Waals surface area contributed by atoms with E-state index in [-0.39, 0.29) is 18.0 Å². The fourth-order valence-corrected chi connectivity index (χ4v) is 5.17. The third kappa shape index (κ3) is 6.45. The summed E-state index contributed by atoms with van der Waals surface area (Å²) in [5.74, 6) is 0.914. The molecule has 1 saturated heterocycles. The number of aryl methyl sites for hydroxylation is 1. The number of imidazole rings is 1. The SMILES string of the molecule is Cc1nc2ccc(N(C)C(C(=O)NC3CCCCC3)c3cccnc3)cc2[nH]1.N#CN1CCCC1C=O. The first-order valence-corrected chi connectivity index (χ1v) is 13.0. The van der Waals surface area contributed by atoms with Crippen molar-refractivity contribution in [2.75, 3.05) is 18.5 Å². The van der Waals surface area contributed by atoms with Gasteiger partial charge in [0.2, 0.25) is 5.91 Å². The maximum absolute atomic E-state index is 13.3. The predicted octanol–water partition coefficient (Wildman–Crippen LogP) is 4.02. The third-order valence-electron chi connectivity index (χ3n) is 7.16. The summed E-state index contributed by atoms with van der Waals surface area (Å²) in [6.45, 7) is 2.69. The largest absolute Gasteiger partial charge is 0.359 e. The van der Waals surface area contributed by atoms with Crippen LogP contribution < -0.4 is 10.2 Å². The number of rotatable bonds is 6. The lowest BCUT2D eigenvalue weighted by Gasteiger charge is -2.32. The van der Waals surface area contributed by atoms with Crippen molar-refractivity contribution < 1.29 is 9.59 Å². The van der Waals surface area contributed by atoms with Gasteiger partial charge in [-0.1, -0.05) is 25.3 Å². The van der Waals surface area contributed by atoms with Gasteiger partial charge in [0, 0.05) is 43.3 Å². The summed E-state index contributed by atoms with van der Waals surface area (Å²) >= 11 is 0. The lowest BCUT2D eigenvalue weighted by Crippen LogP contribution is -2.44. The van der Waals surface area contributed by atoms with Crippen molar-refractivity contribution in [2.24, 2.45) is 0 Å².